The van der Waals surface area contributed by atoms with E-state index in [1.165, 1.54) is 0 Å². The lowest BCUT2D eigenvalue weighted by atomic mass is 10.1. The van der Waals surface area contributed by atoms with E-state index >= 15 is 0 Å². The SMILES string of the molecule is CN(Cc1cccc(C(N)=O)c1)C(=O)Cc1ccc(Cl)c(Cl)c1. The average Bonchev–Trinajstić information content (AvgIpc) is 2.51. The summed E-state index contributed by atoms with van der Waals surface area (Å²) in [5.41, 5.74) is 7.32. The molecule has 0 atom stereocenters. The predicted octanol–water partition coefficient (Wildman–Crippen LogP) is 3.29. The molecule has 0 unspecified atom stereocenters. The number of carbonyl (C=O) groups is 2. The molecule has 2 amide bonds. The number of halogens is 2. The van der Waals surface area contributed by atoms with E-state index in [0.717, 1.165) is 11.1 Å². The monoisotopic (exact) mass is 350 g/mol. The maximum Gasteiger partial charge on any atom is 0.248 e. The Morgan fingerprint density at radius 1 is 1.04 bits per heavy atom. The van der Waals surface area contributed by atoms with Crippen LogP contribution < -0.4 is 5.73 Å². The zero-order valence-electron chi connectivity index (χ0n) is 12.6. The maximum absolute atomic E-state index is 12.3. The first-order valence-electron chi connectivity index (χ1n) is 6.93. The van der Waals surface area contributed by atoms with E-state index in [2.05, 4.69) is 0 Å². The van der Waals surface area contributed by atoms with Crippen molar-refractivity contribution in [1.29, 1.82) is 0 Å². The zero-order valence-corrected chi connectivity index (χ0v) is 14.1. The Labute approximate surface area is 144 Å². The summed E-state index contributed by atoms with van der Waals surface area (Å²) in [6, 6.07) is 12.0. The molecule has 0 radical (unpaired) electrons. The molecule has 0 bridgehead atoms. The molecule has 0 aliphatic rings. The average molecular weight is 351 g/mol. The third-order valence-corrected chi connectivity index (χ3v) is 4.14. The molecular weight excluding hydrogens is 335 g/mol. The van der Waals surface area contributed by atoms with Crippen LogP contribution in [0.2, 0.25) is 10.0 Å². The normalized spacial score (nSPS) is 10.4. The Kier molecular flexibility index (Phi) is 5.64. The molecule has 0 saturated carbocycles. The van der Waals surface area contributed by atoms with E-state index in [4.69, 9.17) is 28.9 Å². The number of nitrogens with zero attached hydrogens (tertiary/aromatic N) is 1. The molecule has 0 fully saturated rings. The van der Waals surface area contributed by atoms with Gasteiger partial charge in [-0.05, 0) is 35.4 Å². The van der Waals surface area contributed by atoms with Gasteiger partial charge in [-0.2, -0.15) is 0 Å². The number of hydrogen-bond donors (Lipinski definition) is 1. The van der Waals surface area contributed by atoms with Crippen molar-refractivity contribution in [3.63, 3.8) is 0 Å². The Hall–Kier alpha value is -2.04. The van der Waals surface area contributed by atoms with Gasteiger partial charge in [-0.15, -0.1) is 0 Å². The second kappa shape index (κ2) is 7.49. The van der Waals surface area contributed by atoms with Gasteiger partial charge in [-0.25, -0.2) is 0 Å². The van der Waals surface area contributed by atoms with E-state index < -0.39 is 5.91 Å². The fraction of sp³-hybridized carbons (Fsp3) is 0.176. The number of hydrogen-bond acceptors (Lipinski definition) is 2. The van der Waals surface area contributed by atoms with Crippen LogP contribution in [0.15, 0.2) is 42.5 Å². The molecule has 6 heteroatoms. The molecule has 4 nitrogen and oxygen atoms in total. The summed E-state index contributed by atoms with van der Waals surface area (Å²) in [4.78, 5) is 25.1. The number of amides is 2. The number of carbonyl (C=O) groups excluding carboxylic acids is 2. The van der Waals surface area contributed by atoms with Gasteiger partial charge in [0.2, 0.25) is 11.8 Å². The van der Waals surface area contributed by atoms with Crippen molar-refractivity contribution >= 4 is 35.0 Å². The van der Waals surface area contributed by atoms with Crippen molar-refractivity contribution in [2.75, 3.05) is 7.05 Å². The highest BCUT2D eigenvalue weighted by atomic mass is 35.5. The van der Waals surface area contributed by atoms with Gasteiger partial charge in [0.1, 0.15) is 0 Å². The molecule has 0 spiro atoms. The Morgan fingerprint density at radius 3 is 2.43 bits per heavy atom. The number of nitrogens with two attached hydrogens (primary N) is 1. The van der Waals surface area contributed by atoms with Crippen molar-refractivity contribution in [2.45, 2.75) is 13.0 Å². The molecule has 2 rings (SSSR count). The smallest absolute Gasteiger partial charge is 0.248 e. The van der Waals surface area contributed by atoms with Gasteiger partial charge in [-0.3, -0.25) is 9.59 Å². The molecule has 120 valence electrons. The van der Waals surface area contributed by atoms with Crippen LogP contribution in [-0.4, -0.2) is 23.8 Å². The largest absolute Gasteiger partial charge is 0.366 e. The lowest BCUT2D eigenvalue weighted by molar-refractivity contribution is -0.129. The van der Waals surface area contributed by atoms with Crippen LogP contribution in [0.25, 0.3) is 0 Å². The Balaban J connectivity index is 2.03. The molecule has 0 aliphatic heterocycles. The van der Waals surface area contributed by atoms with Crippen LogP contribution in [0.4, 0.5) is 0 Å². The summed E-state index contributed by atoms with van der Waals surface area (Å²) in [5.74, 6) is -0.551. The lowest BCUT2D eigenvalue weighted by Gasteiger charge is -2.18. The maximum atomic E-state index is 12.3. The van der Waals surface area contributed by atoms with E-state index in [0.29, 0.717) is 22.2 Å². The molecule has 2 aromatic carbocycles. The van der Waals surface area contributed by atoms with E-state index in [9.17, 15) is 9.59 Å². The standard InChI is InChI=1S/C17H16Cl2N2O2/c1-21(10-12-3-2-4-13(7-12)17(20)23)16(22)9-11-5-6-14(18)15(19)8-11/h2-8H,9-10H2,1H3,(H2,20,23). The summed E-state index contributed by atoms with van der Waals surface area (Å²) >= 11 is 11.8. The summed E-state index contributed by atoms with van der Waals surface area (Å²) in [5, 5.41) is 0.883. The van der Waals surface area contributed by atoms with Crippen molar-refractivity contribution in [1.82, 2.24) is 4.90 Å². The van der Waals surface area contributed by atoms with E-state index in [-0.39, 0.29) is 12.3 Å². The second-order valence-electron chi connectivity index (χ2n) is 5.24. The van der Waals surface area contributed by atoms with Crippen molar-refractivity contribution in [2.24, 2.45) is 5.73 Å². The number of rotatable bonds is 5. The fourth-order valence-electron chi connectivity index (χ4n) is 2.14. The van der Waals surface area contributed by atoms with Gasteiger partial charge >= 0.3 is 0 Å². The number of primary amides is 1. The third kappa shape index (κ3) is 4.71. The first kappa shape index (κ1) is 17.3. The first-order chi connectivity index (χ1) is 10.9. The van der Waals surface area contributed by atoms with Gasteiger partial charge in [0.05, 0.1) is 16.5 Å². The molecular formula is C17H16Cl2N2O2. The summed E-state index contributed by atoms with van der Waals surface area (Å²) in [6.45, 7) is 0.390. The van der Waals surface area contributed by atoms with Crippen LogP contribution >= 0.6 is 23.2 Å². The minimum absolute atomic E-state index is 0.0622. The van der Waals surface area contributed by atoms with E-state index in [1.807, 2.05) is 6.07 Å². The van der Waals surface area contributed by atoms with Crippen molar-refractivity contribution in [3.05, 3.63) is 69.2 Å². The van der Waals surface area contributed by atoms with Crippen LogP contribution in [0, 0.1) is 0 Å². The van der Waals surface area contributed by atoms with Gasteiger partial charge in [-0.1, -0.05) is 41.4 Å². The van der Waals surface area contributed by atoms with E-state index in [1.54, 1.807) is 48.3 Å². The van der Waals surface area contributed by atoms with Crippen molar-refractivity contribution in [3.8, 4) is 0 Å². The first-order valence-corrected chi connectivity index (χ1v) is 7.69. The highest BCUT2D eigenvalue weighted by Gasteiger charge is 2.12. The van der Waals surface area contributed by atoms with Gasteiger partial charge in [0.15, 0.2) is 0 Å². The van der Waals surface area contributed by atoms with Crippen molar-refractivity contribution < 1.29 is 9.59 Å². The number of benzene rings is 2. The molecule has 0 saturated heterocycles. The summed E-state index contributed by atoms with van der Waals surface area (Å²) in [6.07, 6.45) is 0.225. The minimum Gasteiger partial charge on any atom is -0.366 e. The van der Waals surface area contributed by atoms with Crippen LogP contribution in [-0.2, 0) is 17.8 Å². The Morgan fingerprint density at radius 2 is 1.78 bits per heavy atom. The van der Waals surface area contributed by atoms with Gasteiger partial charge in [0.25, 0.3) is 0 Å². The quantitative estimate of drug-likeness (QED) is 0.898. The molecule has 0 heterocycles. The Bertz CT molecular complexity index is 747. The van der Waals surface area contributed by atoms with Gasteiger partial charge in [0, 0.05) is 19.2 Å². The summed E-state index contributed by atoms with van der Waals surface area (Å²) in [7, 11) is 1.71. The van der Waals surface area contributed by atoms with Gasteiger partial charge < -0.3 is 10.6 Å². The molecule has 23 heavy (non-hydrogen) atoms. The third-order valence-electron chi connectivity index (χ3n) is 3.40. The minimum atomic E-state index is -0.489. The highest BCUT2D eigenvalue weighted by molar-refractivity contribution is 6.42. The molecule has 0 aliphatic carbocycles. The number of likely N-dealkylation sites (N-methyl/N-ethyl adjacent to an activating group) is 1. The summed E-state index contributed by atoms with van der Waals surface area (Å²) < 4.78 is 0. The second-order valence-corrected chi connectivity index (χ2v) is 6.05. The lowest BCUT2D eigenvalue weighted by Crippen LogP contribution is -2.27. The highest BCUT2D eigenvalue weighted by Crippen LogP contribution is 2.23. The predicted molar refractivity (Wildman–Crippen MR) is 91.6 cm³/mol. The van der Waals surface area contributed by atoms with Crippen LogP contribution in [0.1, 0.15) is 21.5 Å². The van der Waals surface area contributed by atoms with Crippen LogP contribution in [0.3, 0.4) is 0 Å². The topological polar surface area (TPSA) is 63.4 Å². The molecule has 2 aromatic rings. The van der Waals surface area contributed by atoms with Crippen LogP contribution in [0.5, 0.6) is 0 Å². The fourth-order valence-corrected chi connectivity index (χ4v) is 2.46. The zero-order chi connectivity index (χ0) is 17.0. The molecule has 2 N–H and O–H groups in total. The molecule has 0 aromatic heterocycles.